The molecule has 10 heavy (non-hydrogen) atoms. The Morgan fingerprint density at radius 1 is 1.30 bits per heavy atom. The highest BCUT2D eigenvalue weighted by Gasteiger charge is 2.27. The molecule has 0 radical (unpaired) electrons. The van der Waals surface area contributed by atoms with Crippen molar-refractivity contribution in [2.75, 3.05) is 19.6 Å². The van der Waals surface area contributed by atoms with E-state index in [1.165, 1.54) is 38.9 Å². The minimum absolute atomic E-state index is 0.971. The Kier molecular flexibility index (Phi) is 1.69. The van der Waals surface area contributed by atoms with Crippen LogP contribution in [0.2, 0.25) is 0 Å². The molecule has 1 saturated heterocycles. The van der Waals surface area contributed by atoms with E-state index in [0.29, 0.717) is 0 Å². The summed E-state index contributed by atoms with van der Waals surface area (Å²) < 4.78 is 0. The van der Waals surface area contributed by atoms with Gasteiger partial charge in [-0.05, 0) is 37.6 Å². The molecule has 1 nitrogen and oxygen atoms in total. The fraction of sp³-hybridized carbons (Fsp3) is 1.00. The molecule has 0 N–H and O–H groups in total. The Morgan fingerprint density at radius 3 is 2.60 bits per heavy atom. The lowest BCUT2D eigenvalue weighted by Gasteiger charge is -2.13. The molecule has 2 rings (SSSR count). The third-order valence-electron chi connectivity index (χ3n) is 2.72. The van der Waals surface area contributed by atoms with Crippen molar-refractivity contribution in [2.24, 2.45) is 11.8 Å². The first-order valence-electron chi connectivity index (χ1n) is 4.57. The van der Waals surface area contributed by atoms with Crippen molar-refractivity contribution in [2.45, 2.75) is 26.2 Å². The van der Waals surface area contributed by atoms with Crippen LogP contribution in [-0.4, -0.2) is 24.5 Å². The Labute approximate surface area is 63.4 Å². The van der Waals surface area contributed by atoms with Crippen molar-refractivity contribution in [1.29, 1.82) is 0 Å². The van der Waals surface area contributed by atoms with Crippen LogP contribution in [0.15, 0.2) is 0 Å². The zero-order valence-corrected chi connectivity index (χ0v) is 6.84. The van der Waals surface area contributed by atoms with Crippen LogP contribution >= 0.6 is 0 Å². The molecule has 1 heterocycles. The molecule has 0 amide bonds. The van der Waals surface area contributed by atoms with E-state index in [1.54, 1.807) is 0 Å². The fourth-order valence-corrected chi connectivity index (χ4v) is 1.86. The zero-order chi connectivity index (χ0) is 6.97. The Bertz CT molecular complexity index is 118. The van der Waals surface area contributed by atoms with E-state index in [2.05, 4.69) is 11.8 Å². The smallest absolute Gasteiger partial charge is 0.000978 e. The average molecular weight is 139 g/mol. The van der Waals surface area contributed by atoms with Crippen LogP contribution in [0.4, 0.5) is 0 Å². The molecule has 1 saturated carbocycles. The Morgan fingerprint density at radius 2 is 2.10 bits per heavy atom. The summed E-state index contributed by atoms with van der Waals surface area (Å²) in [4.78, 5) is 2.64. The van der Waals surface area contributed by atoms with Gasteiger partial charge in [-0.3, -0.25) is 0 Å². The second-order valence-corrected chi connectivity index (χ2v) is 4.10. The highest BCUT2D eigenvalue weighted by atomic mass is 15.1. The standard InChI is InChI=1S/C9H17N/c1-8-4-5-10(6-8)7-9-2-3-9/h8-9H,2-7H2,1H3/t8-/m0/s1. The third-order valence-corrected chi connectivity index (χ3v) is 2.72. The van der Waals surface area contributed by atoms with Crippen LogP contribution in [0.25, 0.3) is 0 Å². The molecule has 0 spiro atoms. The van der Waals surface area contributed by atoms with Gasteiger partial charge in [0.15, 0.2) is 0 Å². The third kappa shape index (κ3) is 1.51. The van der Waals surface area contributed by atoms with Gasteiger partial charge in [-0.2, -0.15) is 0 Å². The van der Waals surface area contributed by atoms with Gasteiger partial charge in [0.25, 0.3) is 0 Å². The number of hydrogen-bond donors (Lipinski definition) is 0. The monoisotopic (exact) mass is 139 g/mol. The normalized spacial score (nSPS) is 35.1. The van der Waals surface area contributed by atoms with Gasteiger partial charge in [0.1, 0.15) is 0 Å². The van der Waals surface area contributed by atoms with Crippen LogP contribution in [0.5, 0.6) is 0 Å². The summed E-state index contributed by atoms with van der Waals surface area (Å²) >= 11 is 0. The highest BCUT2D eigenvalue weighted by Crippen LogP contribution is 2.31. The van der Waals surface area contributed by atoms with Gasteiger partial charge >= 0.3 is 0 Å². The van der Waals surface area contributed by atoms with Gasteiger partial charge in [0.05, 0.1) is 0 Å². The molecule has 0 bridgehead atoms. The molecule has 1 aliphatic heterocycles. The molecule has 1 heteroatoms. The van der Waals surface area contributed by atoms with Crippen LogP contribution < -0.4 is 0 Å². The predicted octanol–water partition coefficient (Wildman–Crippen LogP) is 1.74. The zero-order valence-electron chi connectivity index (χ0n) is 6.84. The first-order valence-corrected chi connectivity index (χ1v) is 4.57. The van der Waals surface area contributed by atoms with Crippen LogP contribution in [0.1, 0.15) is 26.2 Å². The lowest BCUT2D eigenvalue weighted by Crippen LogP contribution is -2.22. The minimum atomic E-state index is 0.971. The molecule has 2 fully saturated rings. The quantitative estimate of drug-likeness (QED) is 0.563. The second kappa shape index (κ2) is 2.54. The highest BCUT2D eigenvalue weighted by molar-refractivity contribution is 4.81. The maximum Gasteiger partial charge on any atom is 0.000978 e. The summed E-state index contributed by atoms with van der Waals surface area (Å²) in [6.07, 6.45) is 4.45. The second-order valence-electron chi connectivity index (χ2n) is 4.10. The topological polar surface area (TPSA) is 3.24 Å². The largest absolute Gasteiger partial charge is 0.303 e. The molecule has 1 atom stereocenters. The van der Waals surface area contributed by atoms with Crippen molar-refractivity contribution < 1.29 is 0 Å². The van der Waals surface area contributed by atoms with E-state index < -0.39 is 0 Å². The number of likely N-dealkylation sites (tertiary alicyclic amines) is 1. The molecular weight excluding hydrogens is 122 g/mol. The van der Waals surface area contributed by atoms with Crippen LogP contribution in [-0.2, 0) is 0 Å². The SMILES string of the molecule is C[C@H]1CCN(CC2CC2)C1. The summed E-state index contributed by atoms with van der Waals surface area (Å²) in [5.41, 5.74) is 0. The maximum absolute atomic E-state index is 2.64. The molecule has 58 valence electrons. The molecule has 1 aliphatic carbocycles. The first-order chi connectivity index (χ1) is 4.84. The van der Waals surface area contributed by atoms with Crippen molar-refractivity contribution in [3.05, 3.63) is 0 Å². The molecular formula is C9H17N. The van der Waals surface area contributed by atoms with Crippen molar-refractivity contribution in [1.82, 2.24) is 4.90 Å². The lowest BCUT2D eigenvalue weighted by molar-refractivity contribution is 0.314. The van der Waals surface area contributed by atoms with Gasteiger partial charge in [-0.1, -0.05) is 6.92 Å². The van der Waals surface area contributed by atoms with Crippen molar-refractivity contribution in [3.63, 3.8) is 0 Å². The Balaban J connectivity index is 1.72. The number of nitrogens with zero attached hydrogens (tertiary/aromatic N) is 1. The summed E-state index contributed by atoms with van der Waals surface area (Å²) in [5.74, 6) is 2.06. The van der Waals surface area contributed by atoms with E-state index in [0.717, 1.165) is 11.8 Å². The van der Waals surface area contributed by atoms with Crippen molar-refractivity contribution >= 4 is 0 Å². The van der Waals surface area contributed by atoms with E-state index in [1.807, 2.05) is 0 Å². The fourth-order valence-electron chi connectivity index (χ4n) is 1.86. The Hall–Kier alpha value is -0.0400. The summed E-state index contributed by atoms with van der Waals surface area (Å²) in [5, 5.41) is 0. The average Bonchev–Trinajstić information content (AvgIpc) is 2.59. The summed E-state index contributed by atoms with van der Waals surface area (Å²) in [6, 6.07) is 0. The predicted molar refractivity (Wildman–Crippen MR) is 42.9 cm³/mol. The van der Waals surface area contributed by atoms with E-state index >= 15 is 0 Å². The number of rotatable bonds is 2. The van der Waals surface area contributed by atoms with E-state index in [4.69, 9.17) is 0 Å². The van der Waals surface area contributed by atoms with Gasteiger partial charge in [-0.15, -0.1) is 0 Å². The van der Waals surface area contributed by atoms with Gasteiger partial charge in [0.2, 0.25) is 0 Å². The minimum Gasteiger partial charge on any atom is -0.303 e. The maximum atomic E-state index is 2.64. The van der Waals surface area contributed by atoms with Crippen LogP contribution in [0, 0.1) is 11.8 Å². The van der Waals surface area contributed by atoms with Gasteiger partial charge in [0, 0.05) is 13.1 Å². The van der Waals surface area contributed by atoms with Gasteiger partial charge in [-0.25, -0.2) is 0 Å². The molecule has 0 aromatic heterocycles. The van der Waals surface area contributed by atoms with Crippen LogP contribution in [0.3, 0.4) is 0 Å². The molecule has 0 aromatic carbocycles. The molecule has 2 aliphatic rings. The summed E-state index contributed by atoms with van der Waals surface area (Å²) in [6.45, 7) is 6.52. The molecule has 0 aromatic rings. The number of hydrogen-bond acceptors (Lipinski definition) is 1. The van der Waals surface area contributed by atoms with E-state index in [9.17, 15) is 0 Å². The first kappa shape index (κ1) is 6.66. The summed E-state index contributed by atoms with van der Waals surface area (Å²) in [7, 11) is 0. The lowest BCUT2D eigenvalue weighted by atomic mass is 10.2. The van der Waals surface area contributed by atoms with E-state index in [-0.39, 0.29) is 0 Å². The molecule has 0 unspecified atom stereocenters. The van der Waals surface area contributed by atoms with Gasteiger partial charge < -0.3 is 4.90 Å². The van der Waals surface area contributed by atoms with Crippen molar-refractivity contribution in [3.8, 4) is 0 Å².